The second-order valence-electron chi connectivity index (χ2n) is 4.83. The highest BCUT2D eigenvalue weighted by atomic mass is 15.2. The van der Waals surface area contributed by atoms with Crippen molar-refractivity contribution in [3.63, 3.8) is 0 Å². The lowest BCUT2D eigenvalue weighted by molar-refractivity contribution is 0.711. The lowest BCUT2D eigenvalue weighted by atomic mass is 10.2. The molecule has 0 aromatic carbocycles. The minimum absolute atomic E-state index is 0.592. The molecular formula is C14H18N4. The van der Waals surface area contributed by atoms with Crippen molar-refractivity contribution in [1.29, 1.82) is 0 Å². The molecule has 0 aliphatic heterocycles. The van der Waals surface area contributed by atoms with Crippen LogP contribution in [0.3, 0.4) is 0 Å². The Hall–Kier alpha value is -1.84. The van der Waals surface area contributed by atoms with Gasteiger partial charge in [-0.05, 0) is 25.0 Å². The minimum Gasteiger partial charge on any atom is -0.353 e. The number of pyridine rings is 1. The van der Waals surface area contributed by atoms with Crippen LogP contribution in [0.2, 0.25) is 0 Å². The first kappa shape index (κ1) is 11.3. The van der Waals surface area contributed by atoms with Crippen molar-refractivity contribution in [3.8, 4) is 0 Å². The maximum Gasteiger partial charge on any atom is 0.203 e. The van der Waals surface area contributed by atoms with Crippen molar-refractivity contribution < 1.29 is 0 Å². The lowest BCUT2D eigenvalue weighted by Gasteiger charge is -2.14. The number of nitrogens with zero attached hydrogens (tertiary/aromatic N) is 3. The molecule has 4 heteroatoms. The van der Waals surface area contributed by atoms with Gasteiger partial charge in [0, 0.05) is 24.6 Å². The van der Waals surface area contributed by atoms with Gasteiger partial charge in [-0.25, -0.2) is 4.98 Å². The zero-order chi connectivity index (χ0) is 12.2. The quantitative estimate of drug-likeness (QED) is 0.896. The fraction of sp³-hybridized carbons (Fsp3) is 0.429. The Morgan fingerprint density at radius 1 is 1.17 bits per heavy atom. The van der Waals surface area contributed by atoms with E-state index in [4.69, 9.17) is 0 Å². The third-order valence-corrected chi connectivity index (χ3v) is 3.46. The number of rotatable bonds is 4. The molecule has 2 aromatic rings. The molecule has 1 fully saturated rings. The van der Waals surface area contributed by atoms with Crippen LogP contribution in [0.5, 0.6) is 0 Å². The summed E-state index contributed by atoms with van der Waals surface area (Å²) in [5.74, 6) is 0.965. The minimum atomic E-state index is 0.592. The van der Waals surface area contributed by atoms with Crippen LogP contribution in [0.4, 0.5) is 5.95 Å². The summed E-state index contributed by atoms with van der Waals surface area (Å²) < 4.78 is 2.13. The van der Waals surface area contributed by atoms with E-state index in [0.29, 0.717) is 6.04 Å². The fourth-order valence-electron chi connectivity index (χ4n) is 2.50. The molecular weight excluding hydrogens is 224 g/mol. The van der Waals surface area contributed by atoms with E-state index in [9.17, 15) is 0 Å². The van der Waals surface area contributed by atoms with Gasteiger partial charge in [0.25, 0.3) is 0 Å². The first-order valence-corrected chi connectivity index (χ1v) is 6.59. The number of imidazole rings is 1. The van der Waals surface area contributed by atoms with Gasteiger partial charge in [-0.1, -0.05) is 18.9 Å². The van der Waals surface area contributed by atoms with Gasteiger partial charge in [0.15, 0.2) is 0 Å². The van der Waals surface area contributed by atoms with Crippen LogP contribution in [0.15, 0.2) is 36.8 Å². The van der Waals surface area contributed by atoms with E-state index in [2.05, 4.69) is 19.9 Å². The molecule has 1 aliphatic carbocycles. The topological polar surface area (TPSA) is 42.7 Å². The van der Waals surface area contributed by atoms with Crippen molar-refractivity contribution in [1.82, 2.24) is 14.5 Å². The highest BCUT2D eigenvalue weighted by molar-refractivity contribution is 5.29. The van der Waals surface area contributed by atoms with E-state index in [0.717, 1.165) is 18.2 Å². The second-order valence-corrected chi connectivity index (χ2v) is 4.83. The van der Waals surface area contributed by atoms with E-state index in [-0.39, 0.29) is 0 Å². The van der Waals surface area contributed by atoms with E-state index in [1.165, 1.54) is 25.7 Å². The molecule has 18 heavy (non-hydrogen) atoms. The molecule has 0 spiro atoms. The van der Waals surface area contributed by atoms with Crippen molar-refractivity contribution in [2.75, 3.05) is 5.32 Å². The summed E-state index contributed by atoms with van der Waals surface area (Å²) in [5, 5.41) is 3.53. The molecule has 3 rings (SSSR count). The van der Waals surface area contributed by atoms with Gasteiger partial charge in [0.2, 0.25) is 5.95 Å². The zero-order valence-corrected chi connectivity index (χ0v) is 10.4. The molecule has 1 saturated carbocycles. The van der Waals surface area contributed by atoms with E-state index < -0.39 is 0 Å². The molecule has 1 aliphatic rings. The lowest BCUT2D eigenvalue weighted by Crippen LogP contribution is -2.18. The van der Waals surface area contributed by atoms with Crippen LogP contribution in [0.25, 0.3) is 0 Å². The van der Waals surface area contributed by atoms with Gasteiger partial charge < -0.3 is 9.88 Å². The molecule has 0 atom stereocenters. The highest BCUT2D eigenvalue weighted by Crippen LogP contribution is 2.21. The van der Waals surface area contributed by atoms with Gasteiger partial charge in [-0.2, -0.15) is 0 Å². The van der Waals surface area contributed by atoms with Gasteiger partial charge in [-0.3, -0.25) is 4.98 Å². The number of hydrogen-bond donors (Lipinski definition) is 1. The summed E-state index contributed by atoms with van der Waals surface area (Å²) in [6.45, 7) is 0.774. The van der Waals surface area contributed by atoms with Crippen molar-refractivity contribution in [2.45, 2.75) is 38.3 Å². The Labute approximate surface area is 107 Å². The number of nitrogens with one attached hydrogen (secondary N) is 1. The van der Waals surface area contributed by atoms with Crippen LogP contribution in [0.1, 0.15) is 31.4 Å². The van der Waals surface area contributed by atoms with Crippen LogP contribution < -0.4 is 5.32 Å². The molecule has 4 nitrogen and oxygen atoms in total. The zero-order valence-electron chi connectivity index (χ0n) is 10.4. The van der Waals surface area contributed by atoms with Gasteiger partial charge >= 0.3 is 0 Å². The maximum absolute atomic E-state index is 4.40. The molecule has 0 amide bonds. The summed E-state index contributed by atoms with van der Waals surface area (Å²) in [6, 6.07) is 6.59. The van der Waals surface area contributed by atoms with E-state index in [1.54, 1.807) is 0 Å². The summed E-state index contributed by atoms with van der Waals surface area (Å²) >= 11 is 0. The Morgan fingerprint density at radius 2 is 2.06 bits per heavy atom. The van der Waals surface area contributed by atoms with Crippen LogP contribution in [-0.2, 0) is 6.54 Å². The number of anilines is 1. The average Bonchev–Trinajstić information content (AvgIpc) is 3.04. The third kappa shape index (κ3) is 2.53. The third-order valence-electron chi connectivity index (χ3n) is 3.46. The van der Waals surface area contributed by atoms with Crippen molar-refractivity contribution in [3.05, 3.63) is 42.5 Å². The van der Waals surface area contributed by atoms with Crippen LogP contribution >= 0.6 is 0 Å². The highest BCUT2D eigenvalue weighted by Gasteiger charge is 2.16. The normalized spacial score (nSPS) is 16.0. The summed E-state index contributed by atoms with van der Waals surface area (Å²) in [5.41, 5.74) is 1.06. The summed E-state index contributed by atoms with van der Waals surface area (Å²) in [7, 11) is 0. The largest absolute Gasteiger partial charge is 0.353 e. The van der Waals surface area contributed by atoms with Crippen molar-refractivity contribution in [2.24, 2.45) is 0 Å². The molecule has 0 unspecified atom stereocenters. The van der Waals surface area contributed by atoms with E-state index >= 15 is 0 Å². The fourth-order valence-corrected chi connectivity index (χ4v) is 2.50. The van der Waals surface area contributed by atoms with Gasteiger partial charge in [0.05, 0.1) is 12.2 Å². The molecule has 0 radical (unpaired) electrons. The first-order chi connectivity index (χ1) is 8.92. The Bertz CT molecular complexity index is 486. The molecule has 94 valence electrons. The van der Waals surface area contributed by atoms with Crippen LogP contribution in [0, 0.1) is 0 Å². The molecule has 2 aromatic heterocycles. The second kappa shape index (κ2) is 5.21. The van der Waals surface area contributed by atoms with Gasteiger partial charge in [-0.15, -0.1) is 0 Å². The molecule has 1 N–H and O–H groups in total. The molecule has 0 bridgehead atoms. The molecule has 0 saturated heterocycles. The summed E-state index contributed by atoms with van der Waals surface area (Å²) in [4.78, 5) is 8.75. The Balaban J connectivity index is 1.71. The predicted octanol–water partition coefficient (Wildman–Crippen LogP) is 2.68. The van der Waals surface area contributed by atoms with Crippen LogP contribution in [-0.4, -0.2) is 20.6 Å². The first-order valence-electron chi connectivity index (χ1n) is 6.59. The number of hydrogen-bond acceptors (Lipinski definition) is 3. The SMILES string of the molecule is c1ccc(Cn2ccnc2NC2CCCC2)nc1. The van der Waals surface area contributed by atoms with Crippen molar-refractivity contribution >= 4 is 5.95 Å². The maximum atomic E-state index is 4.40. The monoisotopic (exact) mass is 242 g/mol. The smallest absolute Gasteiger partial charge is 0.203 e. The predicted molar refractivity (Wildman–Crippen MR) is 71.4 cm³/mol. The molecule has 2 heterocycles. The van der Waals surface area contributed by atoms with Gasteiger partial charge in [0.1, 0.15) is 0 Å². The summed E-state index contributed by atoms with van der Waals surface area (Å²) in [6.07, 6.45) is 10.9. The standard InChI is InChI=1S/C14H18N4/c1-2-6-12(5-1)17-14-16-9-10-18(14)11-13-7-3-4-8-15-13/h3-4,7-10,12H,1-2,5-6,11H2,(H,16,17). The average molecular weight is 242 g/mol. The Morgan fingerprint density at radius 3 is 2.83 bits per heavy atom. The Kier molecular flexibility index (Phi) is 3.26. The number of aromatic nitrogens is 3. The van der Waals surface area contributed by atoms with E-state index in [1.807, 2.05) is 36.8 Å².